The van der Waals surface area contributed by atoms with E-state index in [-0.39, 0.29) is 0 Å². The van der Waals surface area contributed by atoms with Crippen molar-refractivity contribution in [3.63, 3.8) is 0 Å². The highest BCUT2D eigenvalue weighted by molar-refractivity contribution is 5.79. The number of imidazole rings is 1. The average Bonchev–Trinajstić information content (AvgIpc) is 3.17. The number of aromatic nitrogens is 4. The standard InChI is InChI=1S/C20H15N5O/c21-11-15-3-4-16(17-12-23-19(26-17)9-13-1-2-13)20(24-15)14-5-7-25-8-6-22-18(25)10-14/h3-8,10,12-13H,1-2,9H2. The molecule has 4 aromatic heterocycles. The molecule has 126 valence electrons. The predicted octanol–water partition coefficient (Wildman–Crippen LogP) is 3.88. The van der Waals surface area contributed by atoms with Crippen LogP contribution in [0.2, 0.25) is 0 Å². The molecule has 4 aromatic rings. The number of hydrogen-bond donors (Lipinski definition) is 0. The number of nitrogens with zero attached hydrogens (tertiary/aromatic N) is 5. The summed E-state index contributed by atoms with van der Waals surface area (Å²) in [5, 5.41) is 9.25. The predicted molar refractivity (Wildman–Crippen MR) is 95.1 cm³/mol. The smallest absolute Gasteiger partial charge is 0.195 e. The summed E-state index contributed by atoms with van der Waals surface area (Å²) in [5.74, 6) is 2.15. The lowest BCUT2D eigenvalue weighted by Gasteiger charge is -2.07. The minimum Gasteiger partial charge on any atom is -0.441 e. The van der Waals surface area contributed by atoms with Crippen molar-refractivity contribution in [1.82, 2.24) is 19.4 Å². The van der Waals surface area contributed by atoms with Gasteiger partial charge in [0.25, 0.3) is 0 Å². The molecule has 6 nitrogen and oxygen atoms in total. The lowest BCUT2D eigenvalue weighted by atomic mass is 10.0. The molecule has 0 aliphatic heterocycles. The second-order valence-corrected chi connectivity index (χ2v) is 6.58. The van der Waals surface area contributed by atoms with Gasteiger partial charge in [0.05, 0.1) is 11.9 Å². The van der Waals surface area contributed by atoms with Gasteiger partial charge in [-0.3, -0.25) is 0 Å². The molecule has 0 aromatic carbocycles. The van der Waals surface area contributed by atoms with Gasteiger partial charge in [-0.2, -0.15) is 5.26 Å². The monoisotopic (exact) mass is 341 g/mol. The Morgan fingerprint density at radius 1 is 1.19 bits per heavy atom. The summed E-state index contributed by atoms with van der Waals surface area (Å²) in [6.45, 7) is 0. The summed E-state index contributed by atoms with van der Waals surface area (Å²) in [4.78, 5) is 13.3. The Labute approximate surface area is 149 Å². The molecule has 1 aliphatic rings. The summed E-state index contributed by atoms with van der Waals surface area (Å²) in [5.41, 5.74) is 3.60. The lowest BCUT2D eigenvalue weighted by Crippen LogP contribution is -1.93. The van der Waals surface area contributed by atoms with Crippen LogP contribution in [0.1, 0.15) is 24.4 Å². The maximum absolute atomic E-state index is 9.25. The Balaban J connectivity index is 1.62. The second-order valence-electron chi connectivity index (χ2n) is 6.58. The minimum absolute atomic E-state index is 0.365. The number of oxazole rings is 1. The summed E-state index contributed by atoms with van der Waals surface area (Å²) in [7, 11) is 0. The van der Waals surface area contributed by atoms with E-state index >= 15 is 0 Å². The first-order chi connectivity index (χ1) is 12.8. The van der Waals surface area contributed by atoms with Gasteiger partial charge in [-0.05, 0) is 43.0 Å². The van der Waals surface area contributed by atoms with E-state index in [0.29, 0.717) is 23.1 Å². The average molecular weight is 341 g/mol. The normalized spacial score (nSPS) is 13.8. The van der Waals surface area contributed by atoms with Gasteiger partial charge in [-0.15, -0.1) is 0 Å². The molecule has 0 atom stereocenters. The lowest BCUT2D eigenvalue weighted by molar-refractivity contribution is 0.493. The minimum atomic E-state index is 0.365. The molecule has 1 aliphatic carbocycles. The van der Waals surface area contributed by atoms with Crippen LogP contribution in [-0.2, 0) is 6.42 Å². The Kier molecular flexibility index (Phi) is 3.32. The highest BCUT2D eigenvalue weighted by Crippen LogP contribution is 2.35. The molecular formula is C20H15N5O. The van der Waals surface area contributed by atoms with Crippen molar-refractivity contribution >= 4 is 5.65 Å². The maximum Gasteiger partial charge on any atom is 0.195 e. The number of fused-ring (bicyclic) bond motifs is 1. The van der Waals surface area contributed by atoms with Gasteiger partial charge in [-0.25, -0.2) is 15.0 Å². The molecule has 5 rings (SSSR count). The van der Waals surface area contributed by atoms with Crippen LogP contribution in [0.5, 0.6) is 0 Å². The Morgan fingerprint density at radius 3 is 2.96 bits per heavy atom. The van der Waals surface area contributed by atoms with E-state index in [1.807, 2.05) is 35.0 Å². The maximum atomic E-state index is 9.25. The third-order valence-electron chi connectivity index (χ3n) is 4.66. The Bertz CT molecular complexity index is 1150. The van der Waals surface area contributed by atoms with Gasteiger partial charge < -0.3 is 8.82 Å². The van der Waals surface area contributed by atoms with Crippen molar-refractivity contribution in [2.75, 3.05) is 0 Å². The van der Waals surface area contributed by atoms with Gasteiger partial charge >= 0.3 is 0 Å². The Hall–Kier alpha value is -3.46. The first-order valence-electron chi connectivity index (χ1n) is 8.59. The first kappa shape index (κ1) is 14.8. The van der Waals surface area contributed by atoms with Crippen molar-refractivity contribution in [2.45, 2.75) is 19.3 Å². The number of rotatable bonds is 4. The van der Waals surface area contributed by atoms with Crippen molar-refractivity contribution < 1.29 is 4.42 Å². The van der Waals surface area contributed by atoms with Gasteiger partial charge in [0.1, 0.15) is 17.4 Å². The molecule has 26 heavy (non-hydrogen) atoms. The zero-order valence-electron chi connectivity index (χ0n) is 14.0. The van der Waals surface area contributed by atoms with Crippen LogP contribution in [0.3, 0.4) is 0 Å². The molecule has 0 unspecified atom stereocenters. The fourth-order valence-electron chi connectivity index (χ4n) is 3.10. The largest absolute Gasteiger partial charge is 0.441 e. The molecule has 0 spiro atoms. The van der Waals surface area contributed by atoms with E-state index in [9.17, 15) is 5.26 Å². The Morgan fingerprint density at radius 2 is 2.12 bits per heavy atom. The summed E-state index contributed by atoms with van der Waals surface area (Å²) in [6.07, 6.45) is 10.7. The van der Waals surface area contributed by atoms with E-state index in [0.717, 1.165) is 29.1 Å². The van der Waals surface area contributed by atoms with Crippen LogP contribution in [0, 0.1) is 17.2 Å². The van der Waals surface area contributed by atoms with Crippen LogP contribution in [0.25, 0.3) is 28.2 Å². The number of nitriles is 1. The van der Waals surface area contributed by atoms with Gasteiger partial charge in [0.15, 0.2) is 11.7 Å². The fourth-order valence-corrected chi connectivity index (χ4v) is 3.10. The third-order valence-corrected chi connectivity index (χ3v) is 4.66. The van der Waals surface area contributed by atoms with Gasteiger partial charge in [0, 0.05) is 36.1 Å². The van der Waals surface area contributed by atoms with Crippen molar-refractivity contribution in [3.8, 4) is 28.7 Å². The third kappa shape index (κ3) is 2.64. The van der Waals surface area contributed by atoms with E-state index in [2.05, 4.69) is 21.0 Å². The molecule has 0 saturated heterocycles. The van der Waals surface area contributed by atoms with Crippen LogP contribution in [-0.4, -0.2) is 19.4 Å². The molecular weight excluding hydrogens is 326 g/mol. The molecule has 0 N–H and O–H groups in total. The summed E-state index contributed by atoms with van der Waals surface area (Å²) < 4.78 is 7.90. The molecule has 6 heteroatoms. The van der Waals surface area contributed by atoms with Crippen LogP contribution in [0.15, 0.2) is 53.5 Å². The van der Waals surface area contributed by atoms with Gasteiger partial charge in [0.2, 0.25) is 0 Å². The second kappa shape index (κ2) is 5.81. The molecule has 0 radical (unpaired) electrons. The van der Waals surface area contributed by atoms with Crippen LogP contribution < -0.4 is 0 Å². The molecule has 1 saturated carbocycles. The molecule has 1 fully saturated rings. The van der Waals surface area contributed by atoms with E-state index < -0.39 is 0 Å². The first-order valence-corrected chi connectivity index (χ1v) is 8.59. The molecule has 0 bridgehead atoms. The zero-order chi connectivity index (χ0) is 17.5. The quantitative estimate of drug-likeness (QED) is 0.563. The van der Waals surface area contributed by atoms with Gasteiger partial charge in [-0.1, -0.05) is 0 Å². The highest BCUT2D eigenvalue weighted by atomic mass is 16.4. The van der Waals surface area contributed by atoms with E-state index in [1.165, 1.54) is 12.8 Å². The van der Waals surface area contributed by atoms with Crippen LogP contribution >= 0.6 is 0 Å². The number of pyridine rings is 2. The van der Waals surface area contributed by atoms with E-state index in [4.69, 9.17) is 4.42 Å². The van der Waals surface area contributed by atoms with E-state index in [1.54, 1.807) is 18.5 Å². The van der Waals surface area contributed by atoms with Crippen LogP contribution in [0.4, 0.5) is 0 Å². The molecule has 4 heterocycles. The van der Waals surface area contributed by atoms with Crippen molar-refractivity contribution in [2.24, 2.45) is 5.92 Å². The molecule has 0 amide bonds. The number of hydrogen-bond acceptors (Lipinski definition) is 5. The SMILES string of the molecule is N#Cc1ccc(-c2cnc(CC3CC3)o2)c(-c2ccn3ccnc3c2)n1. The zero-order valence-corrected chi connectivity index (χ0v) is 14.0. The topological polar surface area (TPSA) is 80.0 Å². The fraction of sp³-hybridized carbons (Fsp3) is 0.200. The summed E-state index contributed by atoms with van der Waals surface area (Å²) in [6, 6.07) is 9.60. The van der Waals surface area contributed by atoms with Crippen molar-refractivity contribution in [1.29, 1.82) is 5.26 Å². The highest BCUT2D eigenvalue weighted by Gasteiger charge is 2.24. The summed E-state index contributed by atoms with van der Waals surface area (Å²) >= 11 is 0. The van der Waals surface area contributed by atoms with Crippen molar-refractivity contribution in [3.05, 3.63) is 60.6 Å².